The van der Waals surface area contributed by atoms with E-state index in [1.54, 1.807) is 18.2 Å². The third kappa shape index (κ3) is 4.82. The molecule has 2 aromatic carbocycles. The van der Waals surface area contributed by atoms with Gasteiger partial charge in [0.15, 0.2) is 6.61 Å². The molecule has 0 atom stereocenters. The number of amides is 2. The van der Waals surface area contributed by atoms with Crippen LogP contribution in [0.4, 0.5) is 0 Å². The predicted octanol–water partition coefficient (Wildman–Crippen LogP) is 2.91. The van der Waals surface area contributed by atoms with Crippen LogP contribution in [0.25, 0.3) is 0 Å². The Balaban J connectivity index is 1.82. The first-order valence-corrected chi connectivity index (χ1v) is 7.80. The van der Waals surface area contributed by atoms with Gasteiger partial charge in [-0.05, 0) is 49.2 Å². The second kappa shape index (κ2) is 7.78. The van der Waals surface area contributed by atoms with Gasteiger partial charge in [-0.25, -0.2) is 0 Å². The molecule has 0 aliphatic heterocycles. The molecule has 0 aromatic heterocycles. The standard InChI is InChI=1S/C17H17BrN2O3/c1-11-5-3-4-6-14(11)17(22)20-19-16(21)10-23-13-7-8-15(18)12(2)9-13/h3-9H,10H2,1-2H3,(H,19,21)(H,20,22). The molecule has 120 valence electrons. The second-order valence-electron chi connectivity index (χ2n) is 5.02. The molecule has 6 heteroatoms. The molecule has 0 aliphatic rings. The maximum atomic E-state index is 12.0. The van der Waals surface area contributed by atoms with E-state index in [2.05, 4.69) is 26.8 Å². The van der Waals surface area contributed by atoms with Crippen LogP contribution in [0, 0.1) is 13.8 Å². The first-order chi connectivity index (χ1) is 11.0. The summed E-state index contributed by atoms with van der Waals surface area (Å²) in [6.45, 7) is 3.57. The molecule has 0 bridgehead atoms. The monoisotopic (exact) mass is 376 g/mol. The highest BCUT2D eigenvalue weighted by molar-refractivity contribution is 9.10. The van der Waals surface area contributed by atoms with Crippen LogP contribution >= 0.6 is 15.9 Å². The fraction of sp³-hybridized carbons (Fsp3) is 0.176. The number of hydrogen-bond acceptors (Lipinski definition) is 3. The Labute approximate surface area is 143 Å². The van der Waals surface area contributed by atoms with Crippen LogP contribution in [0.3, 0.4) is 0 Å². The van der Waals surface area contributed by atoms with E-state index in [9.17, 15) is 9.59 Å². The summed E-state index contributed by atoms with van der Waals surface area (Å²) >= 11 is 3.40. The molecule has 0 spiro atoms. The average molecular weight is 377 g/mol. The maximum Gasteiger partial charge on any atom is 0.276 e. The summed E-state index contributed by atoms with van der Waals surface area (Å²) in [6, 6.07) is 12.6. The van der Waals surface area contributed by atoms with Gasteiger partial charge in [0.1, 0.15) is 5.75 Å². The van der Waals surface area contributed by atoms with Gasteiger partial charge in [-0.15, -0.1) is 0 Å². The van der Waals surface area contributed by atoms with Gasteiger partial charge in [0.2, 0.25) is 0 Å². The van der Waals surface area contributed by atoms with Crippen LogP contribution in [0.2, 0.25) is 0 Å². The number of ether oxygens (including phenoxy) is 1. The van der Waals surface area contributed by atoms with E-state index in [0.29, 0.717) is 11.3 Å². The topological polar surface area (TPSA) is 67.4 Å². The Bertz CT molecular complexity index is 732. The number of aryl methyl sites for hydroxylation is 2. The number of benzene rings is 2. The van der Waals surface area contributed by atoms with Crippen LogP contribution in [0.5, 0.6) is 5.75 Å². The zero-order valence-corrected chi connectivity index (χ0v) is 14.4. The third-order valence-electron chi connectivity index (χ3n) is 3.20. The lowest BCUT2D eigenvalue weighted by molar-refractivity contribution is -0.123. The summed E-state index contributed by atoms with van der Waals surface area (Å²) in [7, 11) is 0. The molecule has 0 saturated carbocycles. The zero-order valence-electron chi connectivity index (χ0n) is 12.9. The third-order valence-corrected chi connectivity index (χ3v) is 4.09. The van der Waals surface area contributed by atoms with Crippen LogP contribution in [-0.4, -0.2) is 18.4 Å². The number of carbonyl (C=O) groups excluding carboxylic acids is 2. The van der Waals surface area contributed by atoms with Gasteiger partial charge in [-0.2, -0.15) is 0 Å². The van der Waals surface area contributed by atoms with Gasteiger partial charge in [0.25, 0.3) is 11.8 Å². The van der Waals surface area contributed by atoms with E-state index in [4.69, 9.17) is 4.74 Å². The van der Waals surface area contributed by atoms with Crippen molar-refractivity contribution in [1.29, 1.82) is 0 Å². The lowest BCUT2D eigenvalue weighted by Crippen LogP contribution is -2.44. The van der Waals surface area contributed by atoms with Crippen LogP contribution in [-0.2, 0) is 4.79 Å². The van der Waals surface area contributed by atoms with Gasteiger partial charge in [-0.3, -0.25) is 20.4 Å². The summed E-state index contributed by atoms with van der Waals surface area (Å²) in [4.78, 5) is 23.7. The number of rotatable bonds is 4. The minimum atomic E-state index is -0.437. The van der Waals surface area contributed by atoms with Crippen LogP contribution < -0.4 is 15.6 Å². The number of hydrazine groups is 1. The molecule has 2 amide bonds. The molecular weight excluding hydrogens is 360 g/mol. The SMILES string of the molecule is Cc1cc(OCC(=O)NNC(=O)c2ccccc2C)ccc1Br. The van der Waals surface area contributed by atoms with Crippen molar-refractivity contribution in [3.8, 4) is 5.75 Å². The van der Waals surface area contributed by atoms with E-state index in [-0.39, 0.29) is 12.5 Å². The minimum Gasteiger partial charge on any atom is -0.484 e. The molecule has 0 saturated heterocycles. The molecule has 0 unspecified atom stereocenters. The highest BCUT2D eigenvalue weighted by Crippen LogP contribution is 2.21. The van der Waals surface area contributed by atoms with Gasteiger partial charge in [-0.1, -0.05) is 34.1 Å². The Hall–Kier alpha value is -2.34. The summed E-state index contributed by atoms with van der Waals surface area (Å²) in [5.41, 5.74) is 7.06. The molecule has 0 fully saturated rings. The number of halogens is 1. The van der Waals surface area contributed by atoms with Gasteiger partial charge in [0, 0.05) is 10.0 Å². The van der Waals surface area contributed by atoms with Crippen molar-refractivity contribution in [2.75, 3.05) is 6.61 Å². The Morgan fingerprint density at radius 3 is 2.48 bits per heavy atom. The molecule has 23 heavy (non-hydrogen) atoms. The molecule has 2 N–H and O–H groups in total. The van der Waals surface area contributed by atoms with Crippen molar-refractivity contribution < 1.29 is 14.3 Å². The highest BCUT2D eigenvalue weighted by atomic mass is 79.9. The molecular formula is C17H17BrN2O3. The summed E-state index contributed by atoms with van der Waals surface area (Å²) < 4.78 is 6.35. The lowest BCUT2D eigenvalue weighted by Gasteiger charge is -2.10. The quantitative estimate of drug-likeness (QED) is 0.806. The summed E-state index contributed by atoms with van der Waals surface area (Å²) in [6.07, 6.45) is 0. The lowest BCUT2D eigenvalue weighted by atomic mass is 10.1. The largest absolute Gasteiger partial charge is 0.484 e. The van der Waals surface area contributed by atoms with Crippen molar-refractivity contribution in [2.45, 2.75) is 13.8 Å². The fourth-order valence-corrected chi connectivity index (χ4v) is 2.16. The summed E-state index contributed by atoms with van der Waals surface area (Å²) in [5.74, 6) is -0.213. The molecule has 0 radical (unpaired) electrons. The Morgan fingerprint density at radius 2 is 1.78 bits per heavy atom. The fourth-order valence-electron chi connectivity index (χ4n) is 1.91. The van der Waals surface area contributed by atoms with E-state index in [1.165, 1.54) is 0 Å². The summed E-state index contributed by atoms with van der Waals surface area (Å²) in [5, 5.41) is 0. The molecule has 2 aromatic rings. The predicted molar refractivity (Wildman–Crippen MR) is 91.2 cm³/mol. The number of carbonyl (C=O) groups is 2. The number of hydrogen-bond donors (Lipinski definition) is 2. The normalized spacial score (nSPS) is 10.0. The van der Waals surface area contributed by atoms with Crippen molar-refractivity contribution in [2.24, 2.45) is 0 Å². The van der Waals surface area contributed by atoms with Crippen molar-refractivity contribution >= 4 is 27.7 Å². The highest BCUT2D eigenvalue weighted by Gasteiger charge is 2.10. The van der Waals surface area contributed by atoms with Crippen molar-refractivity contribution in [3.05, 3.63) is 63.6 Å². The van der Waals surface area contributed by atoms with E-state index >= 15 is 0 Å². The van der Waals surface area contributed by atoms with E-state index in [0.717, 1.165) is 15.6 Å². The van der Waals surface area contributed by atoms with E-state index < -0.39 is 5.91 Å². The molecule has 0 heterocycles. The molecule has 2 rings (SSSR count). The van der Waals surface area contributed by atoms with Crippen molar-refractivity contribution in [3.63, 3.8) is 0 Å². The van der Waals surface area contributed by atoms with Gasteiger partial charge >= 0.3 is 0 Å². The van der Waals surface area contributed by atoms with E-state index in [1.807, 2.05) is 38.1 Å². The minimum absolute atomic E-state index is 0.185. The Morgan fingerprint density at radius 1 is 1.04 bits per heavy atom. The maximum absolute atomic E-state index is 12.0. The second-order valence-corrected chi connectivity index (χ2v) is 5.87. The first-order valence-electron chi connectivity index (χ1n) is 7.01. The van der Waals surface area contributed by atoms with Gasteiger partial charge in [0.05, 0.1) is 0 Å². The number of nitrogens with one attached hydrogen (secondary N) is 2. The molecule has 0 aliphatic carbocycles. The molecule has 5 nitrogen and oxygen atoms in total. The first kappa shape index (κ1) is 17.0. The smallest absolute Gasteiger partial charge is 0.276 e. The Kier molecular flexibility index (Phi) is 5.76. The van der Waals surface area contributed by atoms with Crippen LogP contribution in [0.1, 0.15) is 21.5 Å². The van der Waals surface area contributed by atoms with Crippen molar-refractivity contribution in [1.82, 2.24) is 10.9 Å². The zero-order chi connectivity index (χ0) is 16.8. The average Bonchev–Trinajstić information content (AvgIpc) is 2.54. The van der Waals surface area contributed by atoms with Crippen LogP contribution in [0.15, 0.2) is 46.9 Å². The van der Waals surface area contributed by atoms with Gasteiger partial charge < -0.3 is 4.74 Å².